The number of nitrogens with zero attached hydrogens (tertiary/aromatic N) is 1. The van der Waals surface area contributed by atoms with E-state index in [0.29, 0.717) is 6.04 Å². The summed E-state index contributed by atoms with van der Waals surface area (Å²) in [6.07, 6.45) is 7.29. The van der Waals surface area contributed by atoms with Gasteiger partial charge in [0.05, 0.1) is 12.3 Å². The van der Waals surface area contributed by atoms with Gasteiger partial charge in [-0.1, -0.05) is 12.8 Å². The zero-order valence-electron chi connectivity index (χ0n) is 10.8. The third-order valence-electron chi connectivity index (χ3n) is 3.55. The van der Waals surface area contributed by atoms with Gasteiger partial charge in [-0.3, -0.25) is 0 Å². The maximum Gasteiger partial charge on any atom is 0.120 e. The van der Waals surface area contributed by atoms with Gasteiger partial charge < -0.3 is 14.6 Å². The second-order valence-corrected chi connectivity index (χ2v) is 4.95. The van der Waals surface area contributed by atoms with Crippen molar-refractivity contribution in [2.75, 3.05) is 26.2 Å². The molecule has 0 aliphatic carbocycles. The first-order chi connectivity index (χ1) is 8.36. The molecular weight excluding hydrogens is 212 g/mol. The zero-order valence-corrected chi connectivity index (χ0v) is 10.8. The Morgan fingerprint density at radius 1 is 1.29 bits per heavy atom. The molecule has 2 rings (SSSR count). The Labute approximate surface area is 104 Å². The fraction of sp³-hybridized carbons (Fsp3) is 0.714. The number of nitrogens with one attached hydrogen (secondary N) is 1. The molecule has 0 spiro atoms. The van der Waals surface area contributed by atoms with Crippen LogP contribution in [-0.4, -0.2) is 31.1 Å². The van der Waals surface area contributed by atoms with Crippen molar-refractivity contribution in [3.05, 3.63) is 24.2 Å². The Bertz CT molecular complexity index is 289. The van der Waals surface area contributed by atoms with Crippen molar-refractivity contribution < 1.29 is 4.42 Å². The van der Waals surface area contributed by atoms with E-state index >= 15 is 0 Å². The minimum atomic E-state index is 0.317. The topological polar surface area (TPSA) is 28.4 Å². The highest BCUT2D eigenvalue weighted by atomic mass is 16.3. The quantitative estimate of drug-likeness (QED) is 0.852. The van der Waals surface area contributed by atoms with Gasteiger partial charge in [0.15, 0.2) is 0 Å². The molecule has 2 heterocycles. The Kier molecular flexibility index (Phi) is 5.08. The predicted octanol–water partition coefficient (Wildman–Crippen LogP) is 2.81. The van der Waals surface area contributed by atoms with E-state index in [9.17, 15) is 0 Å². The summed E-state index contributed by atoms with van der Waals surface area (Å²) in [4.78, 5) is 2.58. The summed E-state index contributed by atoms with van der Waals surface area (Å²) in [5.41, 5.74) is 0. The van der Waals surface area contributed by atoms with Crippen molar-refractivity contribution >= 4 is 0 Å². The average Bonchev–Trinajstić information content (AvgIpc) is 2.75. The summed E-state index contributed by atoms with van der Waals surface area (Å²) in [6.45, 7) is 6.90. The van der Waals surface area contributed by atoms with E-state index < -0.39 is 0 Å². The van der Waals surface area contributed by atoms with Crippen LogP contribution in [0.3, 0.4) is 0 Å². The van der Waals surface area contributed by atoms with Crippen LogP contribution in [0, 0.1) is 0 Å². The Morgan fingerprint density at radius 2 is 2.06 bits per heavy atom. The van der Waals surface area contributed by atoms with Gasteiger partial charge in [-0.05, 0) is 45.0 Å². The summed E-state index contributed by atoms with van der Waals surface area (Å²) >= 11 is 0. The summed E-state index contributed by atoms with van der Waals surface area (Å²) in [6, 6.07) is 4.29. The van der Waals surface area contributed by atoms with E-state index in [1.165, 1.54) is 38.8 Å². The molecule has 0 bridgehead atoms. The smallest absolute Gasteiger partial charge is 0.120 e. The molecule has 0 radical (unpaired) electrons. The Hall–Kier alpha value is -0.800. The maximum absolute atomic E-state index is 5.38. The van der Waals surface area contributed by atoms with Crippen LogP contribution in [0.2, 0.25) is 0 Å². The van der Waals surface area contributed by atoms with Crippen molar-refractivity contribution in [2.45, 2.75) is 38.6 Å². The van der Waals surface area contributed by atoms with Gasteiger partial charge in [-0.2, -0.15) is 0 Å². The molecule has 0 amide bonds. The third kappa shape index (κ3) is 4.17. The maximum atomic E-state index is 5.38. The highest BCUT2D eigenvalue weighted by Crippen LogP contribution is 2.12. The molecule has 17 heavy (non-hydrogen) atoms. The normalized spacial score (nSPS) is 20.1. The minimum absolute atomic E-state index is 0.317. The van der Waals surface area contributed by atoms with Crippen LogP contribution in [0.1, 0.15) is 44.4 Å². The molecule has 1 aliphatic heterocycles. The Morgan fingerprint density at radius 3 is 2.71 bits per heavy atom. The SMILES string of the molecule is CC(NCCN1CCCCCC1)c1ccco1. The van der Waals surface area contributed by atoms with Crippen molar-refractivity contribution in [3.63, 3.8) is 0 Å². The van der Waals surface area contributed by atoms with E-state index in [4.69, 9.17) is 4.42 Å². The molecule has 1 aromatic rings. The molecule has 1 fully saturated rings. The monoisotopic (exact) mass is 236 g/mol. The lowest BCUT2D eigenvalue weighted by molar-refractivity contribution is 0.277. The lowest BCUT2D eigenvalue weighted by atomic mass is 10.2. The average molecular weight is 236 g/mol. The van der Waals surface area contributed by atoms with Gasteiger partial charge in [0.1, 0.15) is 5.76 Å². The van der Waals surface area contributed by atoms with E-state index in [0.717, 1.165) is 18.8 Å². The summed E-state index contributed by atoms with van der Waals surface area (Å²) in [5.74, 6) is 1.03. The van der Waals surface area contributed by atoms with Gasteiger partial charge in [-0.25, -0.2) is 0 Å². The highest BCUT2D eigenvalue weighted by molar-refractivity contribution is 5.02. The first-order valence-electron chi connectivity index (χ1n) is 6.85. The fourth-order valence-corrected chi connectivity index (χ4v) is 2.44. The number of likely N-dealkylation sites (tertiary alicyclic amines) is 1. The molecule has 0 aromatic carbocycles. The number of furan rings is 1. The number of hydrogen-bond donors (Lipinski definition) is 1. The molecule has 0 saturated carbocycles. The van der Waals surface area contributed by atoms with Crippen LogP contribution in [0.5, 0.6) is 0 Å². The van der Waals surface area contributed by atoms with Crippen molar-refractivity contribution in [3.8, 4) is 0 Å². The molecule has 1 N–H and O–H groups in total. The molecule has 3 heteroatoms. The number of rotatable bonds is 5. The standard InChI is InChI=1S/C14H24N2O/c1-13(14-7-6-12-17-14)15-8-11-16-9-4-2-3-5-10-16/h6-7,12-13,15H,2-5,8-11H2,1H3. The summed E-state index contributed by atoms with van der Waals surface area (Å²) < 4.78 is 5.38. The second kappa shape index (κ2) is 6.82. The molecule has 96 valence electrons. The number of hydrogen-bond acceptors (Lipinski definition) is 3. The van der Waals surface area contributed by atoms with Crippen LogP contribution < -0.4 is 5.32 Å². The van der Waals surface area contributed by atoms with Gasteiger partial charge in [0.25, 0.3) is 0 Å². The summed E-state index contributed by atoms with van der Waals surface area (Å²) in [5, 5.41) is 3.52. The molecular formula is C14H24N2O. The molecule has 1 atom stereocenters. The molecule has 1 aromatic heterocycles. The van der Waals surface area contributed by atoms with E-state index in [1.807, 2.05) is 12.1 Å². The second-order valence-electron chi connectivity index (χ2n) is 4.95. The van der Waals surface area contributed by atoms with Crippen LogP contribution in [-0.2, 0) is 0 Å². The predicted molar refractivity (Wildman–Crippen MR) is 70.0 cm³/mol. The first-order valence-corrected chi connectivity index (χ1v) is 6.85. The van der Waals surface area contributed by atoms with Gasteiger partial charge in [0, 0.05) is 13.1 Å². The Balaban J connectivity index is 1.65. The summed E-state index contributed by atoms with van der Waals surface area (Å²) in [7, 11) is 0. The van der Waals surface area contributed by atoms with E-state index in [-0.39, 0.29) is 0 Å². The molecule has 1 saturated heterocycles. The zero-order chi connectivity index (χ0) is 11.9. The third-order valence-corrected chi connectivity index (χ3v) is 3.55. The van der Waals surface area contributed by atoms with E-state index in [2.05, 4.69) is 17.1 Å². The largest absolute Gasteiger partial charge is 0.468 e. The molecule has 3 nitrogen and oxygen atoms in total. The molecule has 1 unspecified atom stereocenters. The van der Waals surface area contributed by atoms with Gasteiger partial charge >= 0.3 is 0 Å². The molecule has 1 aliphatic rings. The highest BCUT2D eigenvalue weighted by Gasteiger charge is 2.10. The minimum Gasteiger partial charge on any atom is -0.468 e. The lowest BCUT2D eigenvalue weighted by Crippen LogP contribution is -2.33. The van der Waals surface area contributed by atoms with Crippen molar-refractivity contribution in [1.29, 1.82) is 0 Å². The fourth-order valence-electron chi connectivity index (χ4n) is 2.44. The van der Waals surface area contributed by atoms with Crippen LogP contribution in [0.25, 0.3) is 0 Å². The van der Waals surface area contributed by atoms with E-state index in [1.54, 1.807) is 6.26 Å². The lowest BCUT2D eigenvalue weighted by Gasteiger charge is -2.21. The van der Waals surface area contributed by atoms with Gasteiger partial charge in [0.2, 0.25) is 0 Å². The van der Waals surface area contributed by atoms with Crippen LogP contribution in [0.15, 0.2) is 22.8 Å². The van der Waals surface area contributed by atoms with Crippen molar-refractivity contribution in [2.24, 2.45) is 0 Å². The van der Waals surface area contributed by atoms with Crippen molar-refractivity contribution in [1.82, 2.24) is 10.2 Å². The van der Waals surface area contributed by atoms with Crippen LogP contribution >= 0.6 is 0 Å². The van der Waals surface area contributed by atoms with Gasteiger partial charge in [-0.15, -0.1) is 0 Å². The van der Waals surface area contributed by atoms with Crippen LogP contribution in [0.4, 0.5) is 0 Å². The first kappa shape index (κ1) is 12.7.